The standard InChI is InChI=1S/C24H22F2N6O.ClH/c25-18-2-3-21(20(26)12-18)32-24(28-14-29-32)31-13-17-7-10-33-22-4-1-16(11-19(22)23(17)30-31)15-5-8-27-9-6-15;/h1-4,11-15,27H,5-10H2;1H. The van der Waals surface area contributed by atoms with Crippen LogP contribution in [0.3, 0.4) is 0 Å². The number of ether oxygens (including phenoxy) is 1. The number of rotatable bonds is 3. The smallest absolute Gasteiger partial charge is 0.253 e. The average Bonchev–Trinajstić information content (AvgIpc) is 3.44. The largest absolute Gasteiger partial charge is 0.493 e. The Labute approximate surface area is 201 Å². The van der Waals surface area contributed by atoms with Gasteiger partial charge in [-0.05, 0) is 61.7 Å². The van der Waals surface area contributed by atoms with Gasteiger partial charge in [-0.3, -0.25) is 0 Å². The zero-order valence-electron chi connectivity index (χ0n) is 18.2. The van der Waals surface area contributed by atoms with E-state index in [1.165, 1.54) is 28.7 Å². The topological polar surface area (TPSA) is 69.8 Å². The van der Waals surface area contributed by atoms with Crippen LogP contribution in [0.2, 0.25) is 0 Å². The van der Waals surface area contributed by atoms with Crippen molar-refractivity contribution in [2.75, 3.05) is 19.7 Å². The van der Waals surface area contributed by atoms with Gasteiger partial charge in [-0.2, -0.15) is 19.9 Å². The van der Waals surface area contributed by atoms with Gasteiger partial charge in [0, 0.05) is 29.8 Å². The summed E-state index contributed by atoms with van der Waals surface area (Å²) in [6, 6.07) is 9.75. The molecule has 0 unspecified atom stereocenters. The fraction of sp³-hybridized carbons (Fsp3) is 0.292. The first-order valence-electron chi connectivity index (χ1n) is 11.1. The highest BCUT2D eigenvalue weighted by Crippen LogP contribution is 2.38. The Balaban J connectivity index is 0.00000241. The Morgan fingerprint density at radius 1 is 1.06 bits per heavy atom. The van der Waals surface area contributed by atoms with Gasteiger partial charge in [-0.1, -0.05) is 6.07 Å². The van der Waals surface area contributed by atoms with Gasteiger partial charge in [0.15, 0.2) is 5.82 Å². The van der Waals surface area contributed by atoms with E-state index >= 15 is 0 Å². The lowest BCUT2D eigenvalue weighted by Crippen LogP contribution is -2.26. The lowest BCUT2D eigenvalue weighted by Gasteiger charge is -2.23. The quantitative estimate of drug-likeness (QED) is 0.471. The SMILES string of the molecule is Cl.Fc1ccc(-n2ncnc2-n2cc3c(n2)-c2cc(C4CCNCC4)ccc2OCC3)c(F)c1. The number of nitrogens with zero attached hydrogens (tertiary/aromatic N) is 5. The average molecular weight is 485 g/mol. The van der Waals surface area contributed by atoms with Crippen molar-refractivity contribution in [3.63, 3.8) is 0 Å². The molecule has 0 aliphatic carbocycles. The third-order valence-corrected chi connectivity index (χ3v) is 6.36. The first-order chi connectivity index (χ1) is 16.2. The summed E-state index contributed by atoms with van der Waals surface area (Å²) in [7, 11) is 0. The van der Waals surface area contributed by atoms with E-state index in [4.69, 9.17) is 9.84 Å². The number of hydrogen-bond donors (Lipinski definition) is 1. The molecule has 10 heteroatoms. The highest BCUT2D eigenvalue weighted by atomic mass is 35.5. The van der Waals surface area contributed by atoms with E-state index in [1.807, 2.05) is 12.3 Å². The van der Waals surface area contributed by atoms with Gasteiger partial charge in [-0.15, -0.1) is 12.4 Å². The normalized spacial score (nSPS) is 15.6. The third kappa shape index (κ3) is 3.95. The Hall–Kier alpha value is -3.30. The van der Waals surface area contributed by atoms with Crippen molar-refractivity contribution in [2.24, 2.45) is 0 Å². The molecule has 2 aromatic carbocycles. The zero-order valence-corrected chi connectivity index (χ0v) is 19.1. The molecule has 2 aromatic heterocycles. The van der Waals surface area contributed by atoms with Crippen LogP contribution in [0.4, 0.5) is 8.78 Å². The number of piperidine rings is 1. The van der Waals surface area contributed by atoms with Crippen molar-refractivity contribution in [3.8, 4) is 28.6 Å². The monoisotopic (exact) mass is 484 g/mol. The van der Waals surface area contributed by atoms with Gasteiger partial charge in [-0.25, -0.2) is 13.5 Å². The predicted molar refractivity (Wildman–Crippen MR) is 125 cm³/mol. The number of aromatic nitrogens is 5. The molecule has 0 amide bonds. The Morgan fingerprint density at radius 2 is 1.91 bits per heavy atom. The molecule has 1 saturated heterocycles. The fourth-order valence-corrected chi connectivity index (χ4v) is 4.68. The first-order valence-corrected chi connectivity index (χ1v) is 11.1. The van der Waals surface area contributed by atoms with Gasteiger partial charge in [0.25, 0.3) is 5.95 Å². The van der Waals surface area contributed by atoms with E-state index in [0.29, 0.717) is 24.9 Å². The fourth-order valence-electron chi connectivity index (χ4n) is 4.68. The minimum absolute atomic E-state index is 0. The molecule has 2 aliphatic heterocycles. The van der Waals surface area contributed by atoms with Crippen molar-refractivity contribution in [3.05, 3.63) is 71.7 Å². The third-order valence-electron chi connectivity index (χ3n) is 6.36. The highest BCUT2D eigenvalue weighted by Gasteiger charge is 2.24. The molecule has 0 bridgehead atoms. The van der Waals surface area contributed by atoms with Gasteiger partial charge in [0.1, 0.15) is 23.6 Å². The summed E-state index contributed by atoms with van der Waals surface area (Å²) in [6.45, 7) is 2.58. The number of benzene rings is 2. The molecule has 176 valence electrons. The minimum atomic E-state index is -0.721. The molecule has 0 spiro atoms. The summed E-state index contributed by atoms with van der Waals surface area (Å²) in [6.07, 6.45) is 6.11. The zero-order chi connectivity index (χ0) is 22.4. The van der Waals surface area contributed by atoms with Crippen LogP contribution in [0, 0.1) is 11.6 Å². The van der Waals surface area contributed by atoms with Crippen LogP contribution in [0.15, 0.2) is 48.9 Å². The molecule has 6 rings (SSSR count). The van der Waals surface area contributed by atoms with Crippen molar-refractivity contribution in [2.45, 2.75) is 25.2 Å². The van der Waals surface area contributed by atoms with E-state index in [0.717, 1.165) is 54.6 Å². The molecule has 34 heavy (non-hydrogen) atoms. The molecular weight excluding hydrogens is 462 g/mol. The summed E-state index contributed by atoms with van der Waals surface area (Å²) in [5.41, 5.74) is 4.19. The van der Waals surface area contributed by atoms with Gasteiger partial charge >= 0.3 is 0 Å². The van der Waals surface area contributed by atoms with Crippen LogP contribution >= 0.6 is 12.4 Å². The number of hydrogen-bond acceptors (Lipinski definition) is 5. The number of halogens is 3. The van der Waals surface area contributed by atoms with Crippen LogP contribution in [0.5, 0.6) is 5.75 Å². The van der Waals surface area contributed by atoms with Crippen LogP contribution in [0.1, 0.15) is 29.9 Å². The Bertz CT molecular complexity index is 1330. The second kappa shape index (κ2) is 9.15. The van der Waals surface area contributed by atoms with E-state index in [9.17, 15) is 8.78 Å². The molecule has 0 atom stereocenters. The van der Waals surface area contributed by atoms with Crippen LogP contribution in [0.25, 0.3) is 22.9 Å². The molecule has 0 saturated carbocycles. The van der Waals surface area contributed by atoms with E-state index in [-0.39, 0.29) is 18.1 Å². The second-order valence-corrected chi connectivity index (χ2v) is 8.39. The van der Waals surface area contributed by atoms with E-state index in [1.54, 1.807) is 4.68 Å². The molecule has 4 heterocycles. The molecule has 1 N–H and O–H groups in total. The molecule has 1 fully saturated rings. The minimum Gasteiger partial charge on any atom is -0.493 e. The van der Waals surface area contributed by atoms with E-state index in [2.05, 4.69) is 27.5 Å². The Kier molecular flexibility index (Phi) is 6.05. The van der Waals surface area contributed by atoms with E-state index < -0.39 is 11.6 Å². The molecular formula is C24H23ClF2N6O. The maximum atomic E-state index is 14.4. The van der Waals surface area contributed by atoms with Crippen molar-refractivity contribution in [1.82, 2.24) is 29.9 Å². The van der Waals surface area contributed by atoms with Crippen LogP contribution < -0.4 is 10.1 Å². The maximum absolute atomic E-state index is 14.4. The highest BCUT2D eigenvalue weighted by molar-refractivity contribution is 5.85. The van der Waals surface area contributed by atoms with Crippen molar-refractivity contribution in [1.29, 1.82) is 0 Å². The molecule has 0 radical (unpaired) electrons. The second-order valence-electron chi connectivity index (χ2n) is 8.39. The summed E-state index contributed by atoms with van der Waals surface area (Å²) >= 11 is 0. The van der Waals surface area contributed by atoms with Gasteiger partial charge in [0.2, 0.25) is 0 Å². The first kappa shape index (κ1) is 22.5. The summed E-state index contributed by atoms with van der Waals surface area (Å²) in [5, 5.41) is 12.4. The van der Waals surface area contributed by atoms with Crippen LogP contribution in [-0.4, -0.2) is 44.2 Å². The predicted octanol–water partition coefficient (Wildman–Crippen LogP) is 4.22. The lowest BCUT2D eigenvalue weighted by molar-refractivity contribution is 0.326. The summed E-state index contributed by atoms with van der Waals surface area (Å²) in [4.78, 5) is 4.29. The summed E-state index contributed by atoms with van der Waals surface area (Å²) in [5.74, 6) is 0.272. The maximum Gasteiger partial charge on any atom is 0.253 e. The number of nitrogens with one attached hydrogen (secondary N) is 1. The van der Waals surface area contributed by atoms with Crippen molar-refractivity contribution < 1.29 is 13.5 Å². The molecule has 7 nitrogen and oxygen atoms in total. The van der Waals surface area contributed by atoms with Crippen LogP contribution in [-0.2, 0) is 6.42 Å². The molecule has 2 aliphatic rings. The lowest BCUT2D eigenvalue weighted by atomic mass is 9.88. The summed E-state index contributed by atoms with van der Waals surface area (Å²) < 4.78 is 36.8. The van der Waals surface area contributed by atoms with Gasteiger partial charge in [0.05, 0.1) is 12.3 Å². The van der Waals surface area contributed by atoms with Crippen molar-refractivity contribution >= 4 is 12.4 Å². The molecule has 4 aromatic rings. The number of fused-ring (bicyclic) bond motifs is 3. The van der Waals surface area contributed by atoms with Gasteiger partial charge < -0.3 is 10.1 Å². The Morgan fingerprint density at radius 3 is 2.74 bits per heavy atom.